The average Bonchev–Trinajstić information content (AvgIpc) is 2.18. The fourth-order valence-corrected chi connectivity index (χ4v) is 1.38. The van der Waals surface area contributed by atoms with Gasteiger partial charge in [0.15, 0.2) is 0 Å². The van der Waals surface area contributed by atoms with Crippen LogP contribution in [0.25, 0.3) is 0 Å². The maximum absolute atomic E-state index is 12.0. The van der Waals surface area contributed by atoms with Crippen LogP contribution in [0.1, 0.15) is 41.5 Å². The predicted molar refractivity (Wildman–Crippen MR) is 72.7 cm³/mol. The number of carbonyl (C=O) groups is 2. The van der Waals surface area contributed by atoms with Crippen molar-refractivity contribution in [1.29, 1.82) is 0 Å². The number of amides is 2. The van der Waals surface area contributed by atoms with E-state index in [9.17, 15) is 9.59 Å². The van der Waals surface area contributed by atoms with E-state index >= 15 is 0 Å². The van der Waals surface area contributed by atoms with Crippen LogP contribution in [0, 0.1) is 5.41 Å². The second kappa shape index (κ2) is 6.75. The predicted octanol–water partition coefficient (Wildman–Crippen LogP) is 1.03. The standard InChI is InChI=1S/C13H26N2O4/c1-12(2,3)9(10(17)14-7-8-16)15-11(18)19-13(4,5)6/h9,16H,7-8H2,1-6H3,(H,14,17)(H,15,18)/t9-/m1/s1. The van der Waals surface area contributed by atoms with Crippen molar-refractivity contribution in [2.45, 2.75) is 53.2 Å². The van der Waals surface area contributed by atoms with Gasteiger partial charge in [-0.05, 0) is 26.2 Å². The fourth-order valence-electron chi connectivity index (χ4n) is 1.38. The maximum Gasteiger partial charge on any atom is 0.408 e. The third kappa shape index (κ3) is 7.66. The lowest BCUT2D eigenvalue weighted by molar-refractivity contribution is -0.125. The lowest BCUT2D eigenvalue weighted by Crippen LogP contribution is -2.54. The molecule has 1 atom stereocenters. The van der Waals surface area contributed by atoms with Gasteiger partial charge in [-0.3, -0.25) is 4.79 Å². The fraction of sp³-hybridized carbons (Fsp3) is 0.846. The highest BCUT2D eigenvalue weighted by atomic mass is 16.6. The Balaban J connectivity index is 4.71. The van der Waals surface area contributed by atoms with Gasteiger partial charge >= 0.3 is 6.09 Å². The van der Waals surface area contributed by atoms with Gasteiger partial charge in [-0.15, -0.1) is 0 Å². The molecule has 0 aromatic heterocycles. The first-order valence-electron chi connectivity index (χ1n) is 6.35. The van der Waals surface area contributed by atoms with Gasteiger partial charge in [-0.2, -0.15) is 0 Å². The molecule has 0 fully saturated rings. The summed E-state index contributed by atoms with van der Waals surface area (Å²) in [6.45, 7) is 10.8. The topological polar surface area (TPSA) is 87.7 Å². The molecule has 0 aromatic carbocycles. The normalized spacial score (nSPS) is 13.6. The first-order valence-corrected chi connectivity index (χ1v) is 6.35. The molecular formula is C13H26N2O4. The van der Waals surface area contributed by atoms with E-state index in [0.29, 0.717) is 0 Å². The number of nitrogens with one attached hydrogen (secondary N) is 2. The minimum atomic E-state index is -0.728. The summed E-state index contributed by atoms with van der Waals surface area (Å²) < 4.78 is 5.14. The molecule has 6 nitrogen and oxygen atoms in total. The van der Waals surface area contributed by atoms with E-state index < -0.39 is 23.2 Å². The van der Waals surface area contributed by atoms with Crippen molar-refractivity contribution in [1.82, 2.24) is 10.6 Å². The zero-order chi connectivity index (χ0) is 15.3. The summed E-state index contributed by atoms with van der Waals surface area (Å²) in [7, 11) is 0. The SMILES string of the molecule is CC(C)(C)OC(=O)N[C@H](C(=O)NCCO)C(C)(C)C. The van der Waals surface area contributed by atoms with Gasteiger partial charge in [-0.1, -0.05) is 20.8 Å². The summed E-state index contributed by atoms with van der Waals surface area (Å²) >= 11 is 0. The van der Waals surface area contributed by atoms with E-state index in [4.69, 9.17) is 9.84 Å². The number of carbonyl (C=O) groups excluding carboxylic acids is 2. The monoisotopic (exact) mass is 274 g/mol. The Hall–Kier alpha value is -1.30. The molecule has 6 heteroatoms. The average molecular weight is 274 g/mol. The molecule has 0 bridgehead atoms. The molecule has 19 heavy (non-hydrogen) atoms. The van der Waals surface area contributed by atoms with Crippen LogP contribution in [-0.2, 0) is 9.53 Å². The number of aliphatic hydroxyl groups excluding tert-OH is 1. The molecule has 0 heterocycles. The molecule has 0 aliphatic rings. The maximum atomic E-state index is 12.0. The highest BCUT2D eigenvalue weighted by Gasteiger charge is 2.33. The summed E-state index contributed by atoms with van der Waals surface area (Å²) in [5.74, 6) is -0.340. The van der Waals surface area contributed by atoms with Crippen LogP contribution >= 0.6 is 0 Å². The third-order valence-corrected chi connectivity index (χ3v) is 2.20. The van der Waals surface area contributed by atoms with Gasteiger partial charge in [0.2, 0.25) is 5.91 Å². The number of alkyl carbamates (subject to hydrolysis) is 1. The summed E-state index contributed by atoms with van der Waals surface area (Å²) in [5.41, 5.74) is -1.08. The van der Waals surface area contributed by atoms with Gasteiger partial charge in [-0.25, -0.2) is 4.79 Å². The van der Waals surface area contributed by atoms with Gasteiger partial charge in [0.1, 0.15) is 11.6 Å². The quantitative estimate of drug-likeness (QED) is 0.714. The van der Waals surface area contributed by atoms with Gasteiger partial charge in [0, 0.05) is 6.54 Å². The van der Waals surface area contributed by atoms with E-state index in [0.717, 1.165) is 0 Å². The molecule has 112 valence electrons. The third-order valence-electron chi connectivity index (χ3n) is 2.20. The van der Waals surface area contributed by atoms with E-state index in [2.05, 4.69) is 10.6 Å². The summed E-state index contributed by atoms with van der Waals surface area (Å²) in [6, 6.07) is -0.728. The summed E-state index contributed by atoms with van der Waals surface area (Å²) in [4.78, 5) is 23.7. The van der Waals surface area contributed by atoms with Gasteiger partial charge in [0.25, 0.3) is 0 Å². The van der Waals surface area contributed by atoms with Crippen LogP contribution in [-0.4, -0.2) is 41.9 Å². The number of rotatable bonds is 4. The van der Waals surface area contributed by atoms with Crippen LogP contribution in [0.5, 0.6) is 0 Å². The molecule has 0 unspecified atom stereocenters. The molecule has 0 spiro atoms. The Labute approximate surface area is 114 Å². The Bertz CT molecular complexity index is 316. The molecule has 0 aliphatic heterocycles. The van der Waals surface area contributed by atoms with Crippen molar-refractivity contribution in [3.05, 3.63) is 0 Å². The molecule has 0 rings (SSSR count). The Morgan fingerprint density at radius 3 is 2.05 bits per heavy atom. The minimum absolute atomic E-state index is 0.144. The van der Waals surface area contributed by atoms with Crippen molar-refractivity contribution in [2.75, 3.05) is 13.2 Å². The second-order valence-electron chi connectivity index (χ2n) is 6.46. The van der Waals surface area contributed by atoms with Crippen molar-refractivity contribution in [2.24, 2.45) is 5.41 Å². The van der Waals surface area contributed by atoms with Crippen LogP contribution in [0.2, 0.25) is 0 Å². The van der Waals surface area contributed by atoms with Crippen LogP contribution in [0.3, 0.4) is 0 Å². The van der Waals surface area contributed by atoms with Gasteiger partial charge < -0.3 is 20.5 Å². The molecule has 2 amide bonds. The molecule has 0 saturated carbocycles. The number of ether oxygens (including phenoxy) is 1. The van der Waals surface area contributed by atoms with Crippen LogP contribution < -0.4 is 10.6 Å². The Kier molecular flexibility index (Phi) is 6.29. The van der Waals surface area contributed by atoms with Crippen LogP contribution in [0.15, 0.2) is 0 Å². The van der Waals surface area contributed by atoms with Crippen molar-refractivity contribution >= 4 is 12.0 Å². The van der Waals surface area contributed by atoms with Crippen molar-refractivity contribution in [3.8, 4) is 0 Å². The highest BCUT2D eigenvalue weighted by Crippen LogP contribution is 2.20. The van der Waals surface area contributed by atoms with Crippen LogP contribution in [0.4, 0.5) is 4.79 Å². The van der Waals surface area contributed by atoms with E-state index in [1.807, 2.05) is 20.8 Å². The summed E-state index contributed by atoms with van der Waals surface area (Å²) in [5, 5.41) is 13.8. The highest BCUT2D eigenvalue weighted by molar-refractivity contribution is 5.86. The number of hydrogen-bond acceptors (Lipinski definition) is 4. The first kappa shape index (κ1) is 17.7. The minimum Gasteiger partial charge on any atom is -0.444 e. The zero-order valence-electron chi connectivity index (χ0n) is 12.7. The Morgan fingerprint density at radius 1 is 1.16 bits per heavy atom. The second-order valence-corrected chi connectivity index (χ2v) is 6.46. The lowest BCUT2D eigenvalue weighted by atomic mass is 9.86. The first-order chi connectivity index (χ1) is 8.47. The largest absolute Gasteiger partial charge is 0.444 e. The van der Waals surface area contributed by atoms with Crippen molar-refractivity contribution in [3.63, 3.8) is 0 Å². The number of hydrogen-bond donors (Lipinski definition) is 3. The molecule has 0 saturated heterocycles. The lowest BCUT2D eigenvalue weighted by Gasteiger charge is -2.31. The smallest absolute Gasteiger partial charge is 0.408 e. The van der Waals surface area contributed by atoms with E-state index in [1.165, 1.54) is 0 Å². The van der Waals surface area contributed by atoms with E-state index in [1.54, 1.807) is 20.8 Å². The molecule has 0 aromatic rings. The molecule has 0 aliphatic carbocycles. The summed E-state index contributed by atoms with van der Waals surface area (Å²) in [6.07, 6.45) is -0.633. The number of aliphatic hydroxyl groups is 1. The molecule has 0 radical (unpaired) electrons. The zero-order valence-corrected chi connectivity index (χ0v) is 12.7. The molecule has 3 N–H and O–H groups in total. The van der Waals surface area contributed by atoms with E-state index in [-0.39, 0.29) is 19.1 Å². The van der Waals surface area contributed by atoms with Gasteiger partial charge in [0.05, 0.1) is 6.61 Å². The Morgan fingerprint density at radius 2 is 1.68 bits per heavy atom. The van der Waals surface area contributed by atoms with Crippen molar-refractivity contribution < 1.29 is 19.4 Å². The molecular weight excluding hydrogens is 248 g/mol.